The average molecular weight is 311 g/mol. The molecule has 0 aliphatic carbocycles. The summed E-state index contributed by atoms with van der Waals surface area (Å²) in [4.78, 5) is 11.2. The summed E-state index contributed by atoms with van der Waals surface area (Å²) >= 11 is 0. The van der Waals surface area contributed by atoms with Gasteiger partial charge in [-0.25, -0.2) is 0 Å². The van der Waals surface area contributed by atoms with Crippen molar-refractivity contribution in [1.29, 1.82) is 0 Å². The van der Waals surface area contributed by atoms with Crippen molar-refractivity contribution in [2.24, 2.45) is 5.92 Å². The summed E-state index contributed by atoms with van der Waals surface area (Å²) in [6, 6.07) is 0. The van der Waals surface area contributed by atoms with Gasteiger partial charge in [0.2, 0.25) is 0 Å². The van der Waals surface area contributed by atoms with Crippen molar-refractivity contribution < 1.29 is 9.53 Å². The van der Waals surface area contributed by atoms with E-state index in [2.05, 4.69) is 20.4 Å². The van der Waals surface area contributed by atoms with Crippen LogP contribution in [0.5, 0.6) is 0 Å². The van der Waals surface area contributed by atoms with E-state index in [1.54, 1.807) is 0 Å². The molecule has 0 aliphatic rings. The highest BCUT2D eigenvalue weighted by atomic mass is 16.5. The predicted molar refractivity (Wildman–Crippen MR) is 95.8 cm³/mol. The maximum absolute atomic E-state index is 11.2. The molecule has 0 amide bonds. The molecule has 0 N–H and O–H groups in total. The highest BCUT2D eigenvalue weighted by Crippen LogP contribution is 2.17. The van der Waals surface area contributed by atoms with Gasteiger partial charge < -0.3 is 4.74 Å². The van der Waals surface area contributed by atoms with Crippen molar-refractivity contribution in [3.63, 3.8) is 0 Å². The van der Waals surface area contributed by atoms with E-state index < -0.39 is 0 Å². The lowest BCUT2D eigenvalue weighted by Gasteiger charge is -2.10. The van der Waals surface area contributed by atoms with E-state index in [1.165, 1.54) is 76.9 Å². The minimum atomic E-state index is -0.152. The summed E-state index contributed by atoms with van der Waals surface area (Å²) in [7, 11) is 0. The van der Waals surface area contributed by atoms with Crippen molar-refractivity contribution in [1.82, 2.24) is 0 Å². The molecule has 0 fully saturated rings. The predicted octanol–water partition coefficient (Wildman–Crippen LogP) is 6.79. The molecular weight excluding hydrogens is 272 g/mol. The highest BCUT2D eigenvalue weighted by Gasteiger charge is 2.05. The van der Waals surface area contributed by atoms with E-state index in [-0.39, 0.29) is 5.97 Å². The second kappa shape index (κ2) is 16.6. The Morgan fingerprint density at radius 3 is 1.95 bits per heavy atom. The lowest BCUT2D eigenvalue weighted by atomic mass is 9.96. The van der Waals surface area contributed by atoms with Crippen LogP contribution >= 0.6 is 0 Å². The van der Waals surface area contributed by atoms with Crippen LogP contribution in [0.1, 0.15) is 104 Å². The number of rotatable bonds is 16. The molecule has 0 saturated carbocycles. The first-order chi connectivity index (χ1) is 10.7. The van der Waals surface area contributed by atoms with Crippen molar-refractivity contribution in [2.45, 2.75) is 104 Å². The molecule has 130 valence electrons. The lowest BCUT2D eigenvalue weighted by molar-refractivity contribution is -0.138. The van der Waals surface area contributed by atoms with Crippen LogP contribution < -0.4 is 0 Å². The summed E-state index contributed by atoms with van der Waals surface area (Å²) in [6.07, 6.45) is 19.1. The third kappa shape index (κ3) is 15.6. The van der Waals surface area contributed by atoms with Crippen LogP contribution in [0.3, 0.4) is 0 Å². The number of hydrogen-bond acceptors (Lipinski definition) is 2. The largest absolute Gasteiger partial charge is 0.435 e. The maximum atomic E-state index is 11.2. The van der Waals surface area contributed by atoms with Gasteiger partial charge in [-0.1, -0.05) is 97.5 Å². The van der Waals surface area contributed by atoms with Crippen LogP contribution in [0, 0.1) is 5.92 Å². The molecule has 2 heteroatoms. The number of ether oxygens (including phenoxy) is 1. The summed E-state index contributed by atoms with van der Waals surface area (Å²) in [5, 5.41) is 0. The molecule has 1 atom stereocenters. The molecule has 0 spiro atoms. The zero-order valence-electron chi connectivity index (χ0n) is 15.1. The van der Waals surface area contributed by atoms with Crippen LogP contribution in [0.15, 0.2) is 12.8 Å². The van der Waals surface area contributed by atoms with E-state index >= 15 is 0 Å². The van der Waals surface area contributed by atoms with Crippen molar-refractivity contribution in [3.05, 3.63) is 12.8 Å². The lowest BCUT2D eigenvalue weighted by Crippen LogP contribution is -2.01. The van der Waals surface area contributed by atoms with E-state index in [1.807, 2.05) is 0 Å². The molecule has 0 rings (SSSR count). The molecule has 0 radical (unpaired) electrons. The third-order valence-corrected chi connectivity index (χ3v) is 4.34. The number of esters is 1. The topological polar surface area (TPSA) is 26.3 Å². The van der Waals surface area contributed by atoms with Gasteiger partial charge in [0.05, 0.1) is 6.26 Å². The van der Waals surface area contributed by atoms with Crippen LogP contribution in [-0.2, 0) is 9.53 Å². The minimum absolute atomic E-state index is 0.152. The van der Waals surface area contributed by atoms with Gasteiger partial charge in [0.15, 0.2) is 0 Å². The average Bonchev–Trinajstić information content (AvgIpc) is 2.49. The Morgan fingerprint density at radius 1 is 0.909 bits per heavy atom. The quantitative estimate of drug-likeness (QED) is 0.178. The number of hydrogen-bond donors (Lipinski definition) is 0. The molecule has 1 unspecified atom stereocenters. The van der Waals surface area contributed by atoms with E-state index in [9.17, 15) is 4.79 Å². The molecule has 0 aliphatic heterocycles. The summed E-state index contributed by atoms with van der Waals surface area (Å²) in [5.41, 5.74) is 0. The molecule has 0 saturated heterocycles. The summed E-state index contributed by atoms with van der Waals surface area (Å²) < 4.78 is 4.72. The van der Waals surface area contributed by atoms with Crippen molar-refractivity contribution in [3.8, 4) is 0 Å². The van der Waals surface area contributed by atoms with Gasteiger partial charge in [0.25, 0.3) is 0 Å². The van der Waals surface area contributed by atoms with Crippen LogP contribution in [0.4, 0.5) is 0 Å². The third-order valence-electron chi connectivity index (χ3n) is 4.34. The van der Waals surface area contributed by atoms with E-state index in [0.717, 1.165) is 18.8 Å². The molecule has 0 heterocycles. The van der Waals surface area contributed by atoms with Crippen LogP contribution in [0.2, 0.25) is 0 Å². The van der Waals surface area contributed by atoms with E-state index in [0.29, 0.717) is 6.42 Å². The smallest absolute Gasteiger partial charge is 0.310 e. The van der Waals surface area contributed by atoms with Crippen molar-refractivity contribution in [2.75, 3.05) is 0 Å². The first-order valence-electron chi connectivity index (χ1n) is 9.51. The summed E-state index contributed by atoms with van der Waals surface area (Å²) in [6.45, 7) is 7.96. The maximum Gasteiger partial charge on any atom is 0.310 e. The fourth-order valence-electron chi connectivity index (χ4n) is 2.87. The molecule has 0 bridgehead atoms. The van der Waals surface area contributed by atoms with Crippen molar-refractivity contribution >= 4 is 5.97 Å². The Labute approximate surface area is 138 Å². The highest BCUT2D eigenvalue weighted by molar-refractivity contribution is 5.69. The Bertz CT molecular complexity index is 260. The van der Waals surface area contributed by atoms with Gasteiger partial charge in [-0.05, 0) is 12.3 Å². The number of carbonyl (C=O) groups is 1. The van der Waals surface area contributed by atoms with Gasteiger partial charge in [0, 0.05) is 6.42 Å². The second-order valence-corrected chi connectivity index (χ2v) is 6.62. The number of carbonyl (C=O) groups excluding carboxylic acids is 1. The number of unbranched alkanes of at least 4 members (excludes halogenated alkanes) is 9. The fourth-order valence-corrected chi connectivity index (χ4v) is 2.87. The Balaban J connectivity index is 3.23. The monoisotopic (exact) mass is 310 g/mol. The van der Waals surface area contributed by atoms with Gasteiger partial charge in [0.1, 0.15) is 0 Å². The molecular formula is C20H38O2. The van der Waals surface area contributed by atoms with Gasteiger partial charge >= 0.3 is 5.97 Å². The zero-order valence-corrected chi connectivity index (χ0v) is 15.1. The first-order valence-corrected chi connectivity index (χ1v) is 9.51. The Hall–Kier alpha value is -0.790. The molecule has 0 aromatic rings. The van der Waals surface area contributed by atoms with Gasteiger partial charge in [-0.2, -0.15) is 0 Å². The van der Waals surface area contributed by atoms with Crippen LogP contribution in [-0.4, -0.2) is 5.97 Å². The van der Waals surface area contributed by atoms with Gasteiger partial charge in [-0.15, -0.1) is 0 Å². The Kier molecular flexibility index (Phi) is 16.0. The molecule has 0 aromatic heterocycles. The van der Waals surface area contributed by atoms with E-state index in [4.69, 9.17) is 4.74 Å². The summed E-state index contributed by atoms with van der Waals surface area (Å²) in [5.74, 6) is 0.576. The SMILES string of the molecule is C=COC(=O)CCCC(C)CCCCCCCCCCCC. The standard InChI is InChI=1S/C20H38O2/c1-4-6-7-8-9-10-11-12-13-14-16-19(3)17-15-18-20(21)22-5-2/h5,19H,2,4,6-18H2,1,3H3. The second-order valence-electron chi connectivity index (χ2n) is 6.62. The molecule has 0 aromatic carbocycles. The normalized spacial score (nSPS) is 12.1. The zero-order chi connectivity index (χ0) is 16.5. The first kappa shape index (κ1) is 21.2. The molecule has 2 nitrogen and oxygen atoms in total. The molecule has 22 heavy (non-hydrogen) atoms. The minimum Gasteiger partial charge on any atom is -0.435 e. The Morgan fingerprint density at radius 2 is 1.41 bits per heavy atom. The fraction of sp³-hybridized carbons (Fsp3) is 0.850. The van der Waals surface area contributed by atoms with Gasteiger partial charge in [-0.3, -0.25) is 4.79 Å². The van der Waals surface area contributed by atoms with Crippen LogP contribution in [0.25, 0.3) is 0 Å².